The van der Waals surface area contributed by atoms with Crippen LogP contribution < -0.4 is 0 Å². The number of aliphatic hydroxyl groups is 5. The molecule has 5 aliphatic rings. The first kappa shape index (κ1) is 36.2. The molecule has 50 heavy (non-hydrogen) atoms. The Hall–Kier alpha value is -3.57. The highest BCUT2D eigenvalue weighted by Gasteiger charge is 2.83. The first-order valence-corrected chi connectivity index (χ1v) is 16.5. The molecule has 274 valence electrons. The van der Waals surface area contributed by atoms with E-state index in [1.807, 2.05) is 20.8 Å². The van der Waals surface area contributed by atoms with Crippen LogP contribution >= 0.6 is 0 Å². The van der Waals surface area contributed by atoms with E-state index in [-0.39, 0.29) is 24.5 Å². The summed E-state index contributed by atoms with van der Waals surface area (Å²) in [5, 5.41) is 85.6. The van der Waals surface area contributed by atoms with Crippen LogP contribution in [0.25, 0.3) is 0 Å². The molecular weight excluding hydrogens is 660 g/mol. The van der Waals surface area contributed by atoms with E-state index in [1.165, 1.54) is 6.92 Å². The Balaban J connectivity index is 1.25. The summed E-state index contributed by atoms with van der Waals surface area (Å²) in [4.78, 5) is 38.3. The number of phenolic OH excluding ortho intramolecular Hbond substituents is 3. The van der Waals surface area contributed by atoms with Gasteiger partial charge in [-0.05, 0) is 42.5 Å². The number of carbonyl (C=O) groups excluding carboxylic acids is 3. The van der Waals surface area contributed by atoms with Gasteiger partial charge in [0.05, 0.1) is 17.8 Å². The molecule has 6 rings (SSSR count). The van der Waals surface area contributed by atoms with Crippen LogP contribution in [0.3, 0.4) is 0 Å². The number of Topliss-reactive ketones (excluding diaryl/α,β-unsaturated/α-hetero) is 1. The molecule has 0 unspecified atom stereocenters. The maximum atomic E-state index is 13.5. The summed E-state index contributed by atoms with van der Waals surface area (Å²) in [5.74, 6) is -7.10. The van der Waals surface area contributed by atoms with Gasteiger partial charge in [-0.15, -0.1) is 0 Å². The maximum Gasteiger partial charge on any atom is 0.338 e. The van der Waals surface area contributed by atoms with Crippen molar-refractivity contribution in [2.45, 2.75) is 95.0 Å². The molecule has 0 aromatic heterocycles. The Morgan fingerprint density at radius 3 is 2.26 bits per heavy atom. The quantitative estimate of drug-likeness (QED) is 0.108. The van der Waals surface area contributed by atoms with E-state index in [0.29, 0.717) is 17.6 Å². The minimum absolute atomic E-state index is 0.245. The maximum absolute atomic E-state index is 13.5. The number of rotatable bonds is 7. The fraction of sp³-hybridized carbons (Fsp3) is 0.629. The number of hydrogen-bond donors (Lipinski definition) is 8. The first-order chi connectivity index (χ1) is 23.2. The van der Waals surface area contributed by atoms with Crippen LogP contribution in [0.4, 0.5) is 0 Å². The van der Waals surface area contributed by atoms with E-state index < -0.39 is 112 Å². The van der Waals surface area contributed by atoms with Crippen molar-refractivity contribution in [3.05, 3.63) is 41.0 Å². The topological polar surface area (TPSA) is 250 Å². The van der Waals surface area contributed by atoms with Crippen LogP contribution in [0, 0.1) is 29.1 Å². The molecule has 8 N–H and O–H groups in total. The lowest BCUT2D eigenvalue weighted by atomic mass is 9.60. The molecule has 12 atom stereocenters. The Bertz CT molecular complexity index is 1640. The standard InChI is InChI=1S/C35H44O15/c1-14-6-23-33(45,29(14)43)11-17(7-19-28-32(4,5)34(28,50-16(3)36)10-15(2)35(19,23)46)12-48-31-27(42)26(41)25(40)22(49-31)13-47-30(44)18-8-20(37)24(39)21(38)9-18/h6-9,15,19,22-23,25-28,31,37-42,45-46H,10-13H2,1-5H3/t15-,19+,22-,23-,25-,26+,27-,28-,31-,33-,34+,35-/m1/s1. The molecule has 3 fully saturated rings. The van der Waals surface area contributed by atoms with E-state index >= 15 is 0 Å². The molecule has 0 radical (unpaired) electrons. The van der Waals surface area contributed by atoms with E-state index in [2.05, 4.69) is 0 Å². The molecular formula is C35H44O15. The number of benzene rings is 1. The molecule has 4 aliphatic carbocycles. The number of fused-ring (bicyclic) bond motifs is 5. The van der Waals surface area contributed by atoms with E-state index in [4.69, 9.17) is 18.9 Å². The number of aromatic hydroxyl groups is 3. The third-order valence-electron chi connectivity index (χ3n) is 11.8. The minimum atomic E-state index is -2.03. The fourth-order valence-electron chi connectivity index (χ4n) is 9.19. The molecule has 1 aromatic carbocycles. The smallest absolute Gasteiger partial charge is 0.338 e. The molecule has 15 heteroatoms. The van der Waals surface area contributed by atoms with Gasteiger partial charge in [-0.3, -0.25) is 9.59 Å². The van der Waals surface area contributed by atoms with Crippen LogP contribution in [-0.4, -0.2) is 119 Å². The molecule has 0 bridgehead atoms. The molecule has 0 amide bonds. The van der Waals surface area contributed by atoms with Crippen LogP contribution in [-0.2, 0) is 28.5 Å². The summed E-state index contributed by atoms with van der Waals surface area (Å²) in [6.07, 6.45) is -4.96. The van der Waals surface area contributed by atoms with Crippen LogP contribution in [0.2, 0.25) is 0 Å². The van der Waals surface area contributed by atoms with E-state index in [1.54, 1.807) is 19.1 Å². The minimum Gasteiger partial charge on any atom is -0.504 e. The molecule has 15 nitrogen and oxygen atoms in total. The summed E-state index contributed by atoms with van der Waals surface area (Å²) in [6, 6.07) is 1.69. The van der Waals surface area contributed by atoms with Gasteiger partial charge in [-0.1, -0.05) is 32.9 Å². The lowest BCUT2D eigenvalue weighted by Crippen LogP contribution is -2.61. The van der Waals surface area contributed by atoms with Gasteiger partial charge in [0.25, 0.3) is 0 Å². The van der Waals surface area contributed by atoms with Crippen molar-refractivity contribution in [1.82, 2.24) is 0 Å². The van der Waals surface area contributed by atoms with Crippen molar-refractivity contribution in [3.63, 3.8) is 0 Å². The van der Waals surface area contributed by atoms with Gasteiger partial charge in [0.2, 0.25) is 0 Å². The highest BCUT2D eigenvalue weighted by Crippen LogP contribution is 2.76. The van der Waals surface area contributed by atoms with Crippen molar-refractivity contribution >= 4 is 17.7 Å². The Morgan fingerprint density at radius 2 is 1.64 bits per heavy atom. The monoisotopic (exact) mass is 704 g/mol. The lowest BCUT2D eigenvalue weighted by molar-refractivity contribution is -0.299. The fourth-order valence-corrected chi connectivity index (χ4v) is 9.19. The number of hydrogen-bond acceptors (Lipinski definition) is 15. The van der Waals surface area contributed by atoms with Gasteiger partial charge in [-0.25, -0.2) is 4.79 Å². The average molecular weight is 705 g/mol. The molecule has 0 spiro atoms. The Kier molecular flexibility index (Phi) is 8.70. The number of carbonyl (C=O) groups is 3. The highest BCUT2D eigenvalue weighted by atomic mass is 16.7. The van der Waals surface area contributed by atoms with Crippen molar-refractivity contribution in [3.8, 4) is 17.2 Å². The largest absolute Gasteiger partial charge is 0.504 e. The number of ketones is 1. The SMILES string of the molecule is CC(=O)O[C@@]12C[C@@H](C)[C@@]3(O)[C@@H](C=C(CO[C@@H]4O[C@H](COC(=O)c5cc(O)c(O)c(O)c5)[C@@H](O)[C@H](O)[C@H]4O)C[C@]4(O)C(=O)C(C)=C[C@@H]34)[C@@H]1C2(C)C. The average Bonchev–Trinajstić information content (AvgIpc) is 3.44. The number of esters is 2. The zero-order valence-electron chi connectivity index (χ0n) is 28.3. The van der Waals surface area contributed by atoms with Gasteiger partial charge in [0.1, 0.15) is 42.2 Å². The number of aliphatic hydroxyl groups excluding tert-OH is 3. The van der Waals surface area contributed by atoms with Crippen molar-refractivity contribution in [1.29, 1.82) is 0 Å². The van der Waals surface area contributed by atoms with Crippen LogP contribution in [0.1, 0.15) is 57.8 Å². The number of phenols is 3. The summed E-state index contributed by atoms with van der Waals surface area (Å²) in [7, 11) is 0. The van der Waals surface area contributed by atoms with Crippen LogP contribution in [0.5, 0.6) is 17.2 Å². The van der Waals surface area contributed by atoms with Crippen molar-refractivity contribution in [2.75, 3.05) is 13.2 Å². The molecule has 2 saturated carbocycles. The third kappa shape index (κ3) is 5.24. The first-order valence-electron chi connectivity index (χ1n) is 16.5. The van der Waals surface area contributed by atoms with E-state index in [9.17, 15) is 55.2 Å². The summed E-state index contributed by atoms with van der Waals surface area (Å²) in [5.41, 5.74) is -4.79. The van der Waals surface area contributed by atoms with Gasteiger partial charge in [0, 0.05) is 36.5 Å². The van der Waals surface area contributed by atoms with E-state index in [0.717, 1.165) is 12.1 Å². The summed E-state index contributed by atoms with van der Waals surface area (Å²) < 4.78 is 22.7. The Labute approximate surface area is 287 Å². The number of ether oxygens (including phenoxy) is 4. The predicted octanol–water partition coefficient (Wildman–Crippen LogP) is 0.336. The second kappa shape index (κ2) is 12.0. The van der Waals surface area contributed by atoms with Crippen molar-refractivity contribution in [2.24, 2.45) is 29.1 Å². The van der Waals surface area contributed by atoms with Gasteiger partial charge < -0.3 is 59.8 Å². The van der Waals surface area contributed by atoms with Gasteiger partial charge in [0.15, 0.2) is 29.3 Å². The molecule has 1 aromatic rings. The Morgan fingerprint density at radius 1 is 1.00 bits per heavy atom. The zero-order valence-corrected chi connectivity index (χ0v) is 28.3. The summed E-state index contributed by atoms with van der Waals surface area (Å²) >= 11 is 0. The normalized spacial score (nSPS) is 41.5. The molecule has 1 heterocycles. The van der Waals surface area contributed by atoms with Crippen molar-refractivity contribution < 1.29 is 74.2 Å². The highest BCUT2D eigenvalue weighted by molar-refractivity contribution is 6.04. The summed E-state index contributed by atoms with van der Waals surface area (Å²) in [6.45, 7) is 7.57. The zero-order chi connectivity index (χ0) is 36.9. The second-order valence-corrected chi connectivity index (χ2v) is 15.1. The van der Waals surface area contributed by atoms with Gasteiger partial charge >= 0.3 is 11.9 Å². The molecule has 1 saturated heterocycles. The van der Waals surface area contributed by atoms with Crippen LogP contribution in [0.15, 0.2) is 35.4 Å². The predicted molar refractivity (Wildman–Crippen MR) is 168 cm³/mol. The molecule has 1 aliphatic heterocycles. The second-order valence-electron chi connectivity index (χ2n) is 15.1. The lowest BCUT2D eigenvalue weighted by Gasteiger charge is -2.50. The van der Waals surface area contributed by atoms with Gasteiger partial charge in [-0.2, -0.15) is 0 Å². The third-order valence-corrected chi connectivity index (χ3v) is 11.8.